The van der Waals surface area contributed by atoms with Crippen LogP contribution in [0.4, 0.5) is 4.39 Å². The molecular formula is C27H30FN3O. The Morgan fingerprint density at radius 2 is 1.88 bits per heavy atom. The topological polar surface area (TPSA) is 45.2 Å². The van der Waals surface area contributed by atoms with Crippen LogP contribution in [-0.2, 0) is 10.2 Å². The maximum absolute atomic E-state index is 13.5. The summed E-state index contributed by atoms with van der Waals surface area (Å²) in [6, 6.07) is 13.3. The molecule has 5 unspecified atom stereocenters. The Labute approximate surface area is 188 Å². The van der Waals surface area contributed by atoms with Crippen LogP contribution in [0.1, 0.15) is 55.7 Å². The van der Waals surface area contributed by atoms with E-state index in [-0.39, 0.29) is 28.1 Å². The van der Waals surface area contributed by atoms with E-state index in [9.17, 15) is 9.18 Å². The van der Waals surface area contributed by atoms with Crippen molar-refractivity contribution in [2.75, 3.05) is 19.6 Å². The molecule has 1 spiro atoms. The highest BCUT2D eigenvalue weighted by molar-refractivity contribution is 5.80. The first-order valence-electron chi connectivity index (χ1n) is 12.3. The SMILES string of the molecule is O=C(CN1CCC(c2ccccn2)CC1)NC12CC3CC4CC(c5ccc(F)cc5)(C1)C342. The van der Waals surface area contributed by atoms with Crippen molar-refractivity contribution in [3.05, 3.63) is 65.7 Å². The van der Waals surface area contributed by atoms with E-state index in [1.165, 1.54) is 24.1 Å². The summed E-state index contributed by atoms with van der Waals surface area (Å²) in [4.78, 5) is 19.9. The molecule has 32 heavy (non-hydrogen) atoms. The van der Waals surface area contributed by atoms with Crippen molar-refractivity contribution in [2.24, 2.45) is 17.3 Å². The van der Waals surface area contributed by atoms with Gasteiger partial charge < -0.3 is 5.32 Å². The average molecular weight is 432 g/mol. The lowest BCUT2D eigenvalue weighted by atomic mass is 9.10. The molecule has 7 rings (SSSR count). The van der Waals surface area contributed by atoms with Gasteiger partial charge in [0.1, 0.15) is 5.82 Å². The predicted molar refractivity (Wildman–Crippen MR) is 119 cm³/mol. The quantitative estimate of drug-likeness (QED) is 0.778. The lowest BCUT2D eigenvalue weighted by Crippen LogP contribution is -2.98. The smallest absolute Gasteiger partial charge is 0.234 e. The number of amides is 1. The number of carbonyl (C=O) groups is 1. The number of piperidine rings is 1. The van der Waals surface area contributed by atoms with Crippen molar-refractivity contribution in [1.82, 2.24) is 15.2 Å². The summed E-state index contributed by atoms with van der Waals surface area (Å²) in [5.41, 5.74) is 2.92. The number of rotatable bonds is 5. The summed E-state index contributed by atoms with van der Waals surface area (Å²) in [6.07, 6.45) is 8.72. The third kappa shape index (κ3) is 2.21. The Morgan fingerprint density at radius 1 is 1.09 bits per heavy atom. The number of likely N-dealkylation sites (tertiary alicyclic amines) is 1. The first-order chi connectivity index (χ1) is 15.6. The average Bonchev–Trinajstić information content (AvgIpc) is 2.76. The highest BCUT2D eigenvalue weighted by Crippen LogP contribution is 2.93. The molecule has 0 bridgehead atoms. The number of carbonyl (C=O) groups excluding carboxylic acids is 1. The molecule has 5 atom stereocenters. The molecule has 5 aliphatic rings. The number of benzene rings is 1. The standard InChI is InChI=1S/C27H30FN3O/c28-22-6-4-19(5-7-22)25-14-20-13-21-15-26(17-25,27(20,21)25)30-24(32)16-31-11-8-18(9-12-31)23-3-1-2-10-29-23/h1-7,10,18,20-21H,8-9,11-17H2,(H,30,32). The molecule has 1 amide bonds. The number of aromatic nitrogens is 1. The fourth-order valence-corrected chi connectivity index (χ4v) is 9.10. The summed E-state index contributed by atoms with van der Waals surface area (Å²) < 4.78 is 13.5. The van der Waals surface area contributed by atoms with Gasteiger partial charge in [0, 0.05) is 34.2 Å². The fourth-order valence-electron chi connectivity index (χ4n) is 9.10. The molecule has 1 aromatic heterocycles. The number of hydrogen-bond acceptors (Lipinski definition) is 3. The van der Waals surface area contributed by atoms with Gasteiger partial charge in [-0.15, -0.1) is 0 Å². The molecule has 5 heteroatoms. The minimum Gasteiger partial charge on any atom is -0.349 e. The maximum atomic E-state index is 13.5. The minimum atomic E-state index is -0.164. The summed E-state index contributed by atoms with van der Waals surface area (Å²) >= 11 is 0. The fraction of sp³-hybridized carbons (Fsp3) is 0.556. The van der Waals surface area contributed by atoms with E-state index in [4.69, 9.17) is 0 Å². The summed E-state index contributed by atoms with van der Waals surface area (Å²) in [7, 11) is 0. The van der Waals surface area contributed by atoms with Crippen LogP contribution in [0.25, 0.3) is 0 Å². The molecule has 5 fully saturated rings. The zero-order chi connectivity index (χ0) is 21.6. The van der Waals surface area contributed by atoms with E-state index in [1.54, 1.807) is 12.1 Å². The maximum Gasteiger partial charge on any atom is 0.234 e. The number of halogens is 1. The van der Waals surface area contributed by atoms with Crippen molar-refractivity contribution in [2.45, 2.75) is 55.4 Å². The number of pyridine rings is 1. The van der Waals surface area contributed by atoms with Gasteiger partial charge in [0.15, 0.2) is 0 Å². The molecule has 2 aromatic rings. The monoisotopic (exact) mass is 431 g/mol. The second-order valence-corrected chi connectivity index (χ2v) is 11.1. The molecule has 166 valence electrons. The molecule has 1 aromatic carbocycles. The lowest BCUT2D eigenvalue weighted by Gasteiger charge is -2.95. The number of nitrogens with one attached hydrogen (secondary N) is 1. The second kappa shape index (κ2) is 6.40. The van der Waals surface area contributed by atoms with Crippen LogP contribution >= 0.6 is 0 Å². The van der Waals surface area contributed by atoms with E-state index in [2.05, 4.69) is 27.3 Å². The highest BCUT2D eigenvalue weighted by atomic mass is 19.1. The van der Waals surface area contributed by atoms with Gasteiger partial charge in [0.25, 0.3) is 0 Å². The normalized spacial score (nSPS) is 39.4. The van der Waals surface area contributed by atoms with E-state index < -0.39 is 0 Å². The van der Waals surface area contributed by atoms with Gasteiger partial charge in [0.2, 0.25) is 5.91 Å². The Hall–Kier alpha value is -2.27. The second-order valence-electron chi connectivity index (χ2n) is 11.1. The molecule has 4 nitrogen and oxygen atoms in total. The van der Waals surface area contributed by atoms with Crippen molar-refractivity contribution in [3.63, 3.8) is 0 Å². The van der Waals surface area contributed by atoms with E-state index in [1.807, 2.05) is 24.4 Å². The summed E-state index contributed by atoms with van der Waals surface area (Å²) in [5, 5.41) is 3.54. The predicted octanol–water partition coefficient (Wildman–Crippen LogP) is 4.03. The zero-order valence-electron chi connectivity index (χ0n) is 18.4. The van der Waals surface area contributed by atoms with Crippen LogP contribution in [0.2, 0.25) is 0 Å². The van der Waals surface area contributed by atoms with Crippen LogP contribution in [0, 0.1) is 23.1 Å². The van der Waals surface area contributed by atoms with Crippen LogP contribution in [0.3, 0.4) is 0 Å². The van der Waals surface area contributed by atoms with Gasteiger partial charge in [-0.1, -0.05) is 18.2 Å². The Kier molecular flexibility index (Phi) is 3.85. The Bertz CT molecular complexity index is 1060. The molecule has 1 aliphatic heterocycles. The van der Waals surface area contributed by atoms with Gasteiger partial charge in [-0.2, -0.15) is 0 Å². The summed E-state index contributed by atoms with van der Waals surface area (Å²) in [5.74, 6) is 2.03. The third-order valence-corrected chi connectivity index (χ3v) is 10.1. The molecular weight excluding hydrogens is 401 g/mol. The van der Waals surface area contributed by atoms with Crippen LogP contribution in [0.5, 0.6) is 0 Å². The molecule has 2 heterocycles. The molecule has 4 saturated carbocycles. The minimum absolute atomic E-state index is 0.00339. The highest BCUT2D eigenvalue weighted by Gasteiger charge is 2.94. The van der Waals surface area contributed by atoms with Gasteiger partial charge in [0.05, 0.1) is 6.54 Å². The zero-order valence-corrected chi connectivity index (χ0v) is 18.4. The van der Waals surface area contributed by atoms with E-state index in [0.717, 1.165) is 50.6 Å². The van der Waals surface area contributed by atoms with Crippen molar-refractivity contribution in [3.8, 4) is 0 Å². The lowest BCUT2D eigenvalue weighted by molar-refractivity contribution is -0.412. The first kappa shape index (κ1) is 19.2. The molecule has 4 aliphatic carbocycles. The van der Waals surface area contributed by atoms with Gasteiger partial charge >= 0.3 is 0 Å². The van der Waals surface area contributed by atoms with E-state index >= 15 is 0 Å². The van der Waals surface area contributed by atoms with Gasteiger partial charge in [-0.25, -0.2) is 4.39 Å². The Balaban J connectivity index is 1.01. The number of hydrogen-bond donors (Lipinski definition) is 1. The van der Waals surface area contributed by atoms with Crippen molar-refractivity contribution >= 4 is 5.91 Å². The Morgan fingerprint density at radius 3 is 2.56 bits per heavy atom. The van der Waals surface area contributed by atoms with E-state index in [0.29, 0.717) is 12.5 Å². The van der Waals surface area contributed by atoms with Crippen LogP contribution < -0.4 is 5.32 Å². The largest absolute Gasteiger partial charge is 0.349 e. The molecule has 1 saturated heterocycles. The van der Waals surface area contributed by atoms with Crippen LogP contribution in [-0.4, -0.2) is 41.0 Å². The summed E-state index contributed by atoms with van der Waals surface area (Å²) in [6.45, 7) is 2.42. The van der Waals surface area contributed by atoms with Crippen LogP contribution in [0.15, 0.2) is 48.7 Å². The van der Waals surface area contributed by atoms with Crippen molar-refractivity contribution in [1.29, 1.82) is 0 Å². The van der Waals surface area contributed by atoms with Gasteiger partial charge in [-0.3, -0.25) is 14.7 Å². The number of nitrogens with zero attached hydrogens (tertiary/aromatic N) is 2. The van der Waals surface area contributed by atoms with Gasteiger partial charge in [-0.05, 0) is 93.3 Å². The molecule has 1 N–H and O–H groups in total. The molecule has 0 radical (unpaired) electrons. The van der Waals surface area contributed by atoms with Crippen molar-refractivity contribution < 1.29 is 9.18 Å². The first-order valence-corrected chi connectivity index (χ1v) is 12.3. The third-order valence-electron chi connectivity index (χ3n) is 10.1.